The average Bonchev–Trinajstić information content (AvgIpc) is 2.74. The van der Waals surface area contributed by atoms with Crippen LogP contribution in [0.2, 0.25) is 0 Å². The fourth-order valence-electron chi connectivity index (χ4n) is 2.66. The van der Waals surface area contributed by atoms with E-state index < -0.39 is 10.0 Å². The van der Waals surface area contributed by atoms with Crippen molar-refractivity contribution in [2.24, 2.45) is 0 Å². The number of nitrogens with zero attached hydrogens (tertiary/aromatic N) is 2. The summed E-state index contributed by atoms with van der Waals surface area (Å²) in [6.07, 6.45) is 3.35. The molecule has 0 aliphatic heterocycles. The van der Waals surface area contributed by atoms with Crippen molar-refractivity contribution in [1.29, 1.82) is 0 Å². The number of carbonyl (C=O) groups is 1. The third kappa shape index (κ3) is 4.82. The summed E-state index contributed by atoms with van der Waals surface area (Å²) in [6, 6.07) is 18.9. The van der Waals surface area contributed by atoms with Gasteiger partial charge in [0.1, 0.15) is 0 Å². The van der Waals surface area contributed by atoms with Crippen molar-refractivity contribution < 1.29 is 13.2 Å². The molecule has 2 aromatic carbocycles. The van der Waals surface area contributed by atoms with Crippen LogP contribution in [-0.4, -0.2) is 30.7 Å². The highest BCUT2D eigenvalue weighted by atomic mass is 32.2. The minimum atomic E-state index is -3.55. The molecule has 0 aliphatic carbocycles. The van der Waals surface area contributed by atoms with Crippen LogP contribution in [0, 0.1) is 0 Å². The van der Waals surface area contributed by atoms with Crippen LogP contribution in [0.25, 0.3) is 0 Å². The quantitative estimate of drug-likeness (QED) is 0.667. The van der Waals surface area contributed by atoms with E-state index in [0.29, 0.717) is 12.1 Å². The fourth-order valence-corrected chi connectivity index (χ4v) is 3.84. The number of carbonyl (C=O) groups excluding carboxylic acids is 1. The Balaban J connectivity index is 1.61. The van der Waals surface area contributed by atoms with Crippen molar-refractivity contribution in [3.63, 3.8) is 0 Å². The molecule has 144 valence electrons. The maximum absolute atomic E-state index is 12.6. The summed E-state index contributed by atoms with van der Waals surface area (Å²) in [6.45, 7) is 0.636. The molecule has 1 heterocycles. The molecule has 1 amide bonds. The molecule has 0 atom stereocenters. The minimum Gasteiger partial charge on any atom is -0.348 e. The molecule has 0 saturated carbocycles. The number of rotatable bonds is 7. The molecule has 0 spiro atoms. The maximum atomic E-state index is 12.6. The van der Waals surface area contributed by atoms with Crippen LogP contribution in [0.3, 0.4) is 0 Å². The molecular formula is C21H21N3O3S. The molecule has 1 aromatic heterocycles. The first-order valence-electron chi connectivity index (χ1n) is 8.74. The van der Waals surface area contributed by atoms with Gasteiger partial charge in [-0.05, 0) is 47.5 Å². The summed E-state index contributed by atoms with van der Waals surface area (Å²) in [5.41, 5.74) is 2.28. The Morgan fingerprint density at radius 2 is 1.57 bits per heavy atom. The molecule has 28 heavy (non-hydrogen) atoms. The van der Waals surface area contributed by atoms with Crippen molar-refractivity contribution >= 4 is 15.9 Å². The van der Waals surface area contributed by atoms with Crippen LogP contribution in [0.15, 0.2) is 84.0 Å². The number of sulfonamides is 1. The van der Waals surface area contributed by atoms with Crippen LogP contribution in [0.1, 0.15) is 21.5 Å². The first kappa shape index (κ1) is 19.7. The molecule has 0 unspecified atom stereocenters. The number of pyridine rings is 1. The summed E-state index contributed by atoms with van der Waals surface area (Å²) in [7, 11) is -2.01. The van der Waals surface area contributed by atoms with E-state index in [1.165, 1.54) is 11.4 Å². The zero-order valence-electron chi connectivity index (χ0n) is 15.4. The Morgan fingerprint density at radius 3 is 2.21 bits per heavy atom. The van der Waals surface area contributed by atoms with E-state index in [4.69, 9.17) is 0 Å². The van der Waals surface area contributed by atoms with E-state index in [1.54, 1.807) is 67.0 Å². The zero-order chi connectivity index (χ0) is 20.0. The van der Waals surface area contributed by atoms with Crippen LogP contribution in [0.4, 0.5) is 0 Å². The second-order valence-electron chi connectivity index (χ2n) is 6.31. The first-order valence-corrected chi connectivity index (χ1v) is 10.2. The topological polar surface area (TPSA) is 79.4 Å². The third-order valence-electron chi connectivity index (χ3n) is 4.28. The van der Waals surface area contributed by atoms with E-state index >= 15 is 0 Å². The van der Waals surface area contributed by atoms with Crippen LogP contribution in [-0.2, 0) is 23.1 Å². The second kappa shape index (κ2) is 8.77. The molecular weight excluding hydrogens is 374 g/mol. The Labute approximate surface area is 164 Å². The van der Waals surface area contributed by atoms with Gasteiger partial charge in [-0.15, -0.1) is 0 Å². The van der Waals surface area contributed by atoms with Crippen LogP contribution < -0.4 is 5.32 Å². The summed E-state index contributed by atoms with van der Waals surface area (Å²) in [5.74, 6) is -0.186. The standard InChI is InChI=1S/C21H21N3O3S/c1-24(28(26,27)20-5-3-2-4-6-20)16-18-7-9-19(10-8-18)21(25)23-15-17-11-13-22-14-12-17/h2-14H,15-16H2,1H3,(H,23,25). The van der Waals surface area contributed by atoms with Crippen molar-refractivity contribution in [3.05, 3.63) is 95.8 Å². The lowest BCUT2D eigenvalue weighted by molar-refractivity contribution is 0.0951. The number of benzene rings is 2. The number of hydrogen-bond donors (Lipinski definition) is 1. The highest BCUT2D eigenvalue weighted by Crippen LogP contribution is 2.16. The van der Waals surface area contributed by atoms with E-state index in [2.05, 4.69) is 10.3 Å². The Kier molecular flexibility index (Phi) is 6.18. The number of hydrogen-bond acceptors (Lipinski definition) is 4. The Bertz CT molecular complexity index is 1020. The van der Waals surface area contributed by atoms with Gasteiger partial charge in [0.2, 0.25) is 10.0 Å². The number of aromatic nitrogens is 1. The highest BCUT2D eigenvalue weighted by molar-refractivity contribution is 7.89. The highest BCUT2D eigenvalue weighted by Gasteiger charge is 2.20. The van der Waals surface area contributed by atoms with Crippen LogP contribution in [0.5, 0.6) is 0 Å². The third-order valence-corrected chi connectivity index (χ3v) is 6.09. The molecule has 1 N–H and O–H groups in total. The molecule has 3 aromatic rings. The van der Waals surface area contributed by atoms with E-state index in [1.807, 2.05) is 12.1 Å². The molecule has 0 aliphatic rings. The van der Waals surface area contributed by atoms with Gasteiger partial charge in [-0.3, -0.25) is 9.78 Å². The van der Waals surface area contributed by atoms with Crippen molar-refractivity contribution in [2.75, 3.05) is 7.05 Å². The maximum Gasteiger partial charge on any atom is 0.251 e. The predicted molar refractivity (Wildman–Crippen MR) is 107 cm³/mol. The van der Waals surface area contributed by atoms with Gasteiger partial charge in [0.25, 0.3) is 5.91 Å². The van der Waals surface area contributed by atoms with Gasteiger partial charge in [-0.2, -0.15) is 4.31 Å². The van der Waals surface area contributed by atoms with E-state index in [0.717, 1.165) is 11.1 Å². The van der Waals surface area contributed by atoms with E-state index in [9.17, 15) is 13.2 Å². The first-order chi connectivity index (χ1) is 13.5. The van der Waals surface area contributed by atoms with E-state index in [-0.39, 0.29) is 17.3 Å². The molecule has 3 rings (SSSR count). The smallest absolute Gasteiger partial charge is 0.251 e. The lowest BCUT2D eigenvalue weighted by Gasteiger charge is -2.17. The Morgan fingerprint density at radius 1 is 0.929 bits per heavy atom. The number of nitrogens with one attached hydrogen (secondary N) is 1. The molecule has 0 fully saturated rings. The van der Waals surface area contributed by atoms with Gasteiger partial charge < -0.3 is 5.32 Å². The SMILES string of the molecule is CN(Cc1ccc(C(=O)NCc2ccncc2)cc1)S(=O)(=O)c1ccccc1. The van der Waals surface area contributed by atoms with Gasteiger partial charge in [-0.25, -0.2) is 8.42 Å². The van der Waals surface area contributed by atoms with Crippen molar-refractivity contribution in [3.8, 4) is 0 Å². The minimum absolute atomic E-state index is 0.186. The predicted octanol–water partition coefficient (Wildman–Crippen LogP) is 2.83. The normalized spacial score (nSPS) is 11.4. The average molecular weight is 395 g/mol. The molecule has 7 heteroatoms. The fraction of sp³-hybridized carbons (Fsp3) is 0.143. The lowest BCUT2D eigenvalue weighted by atomic mass is 10.1. The van der Waals surface area contributed by atoms with Gasteiger partial charge >= 0.3 is 0 Å². The summed E-state index contributed by atoms with van der Waals surface area (Å²) in [4.78, 5) is 16.5. The summed E-state index contributed by atoms with van der Waals surface area (Å²) in [5, 5.41) is 2.85. The number of amides is 1. The molecule has 6 nitrogen and oxygen atoms in total. The summed E-state index contributed by atoms with van der Waals surface area (Å²) >= 11 is 0. The largest absolute Gasteiger partial charge is 0.348 e. The van der Waals surface area contributed by atoms with Crippen molar-refractivity contribution in [1.82, 2.24) is 14.6 Å². The lowest BCUT2D eigenvalue weighted by Crippen LogP contribution is -2.26. The monoisotopic (exact) mass is 395 g/mol. The van der Waals surface area contributed by atoms with Gasteiger partial charge in [0.15, 0.2) is 0 Å². The van der Waals surface area contributed by atoms with Gasteiger partial charge in [0, 0.05) is 38.1 Å². The second-order valence-corrected chi connectivity index (χ2v) is 8.35. The summed E-state index contributed by atoms with van der Waals surface area (Å²) < 4.78 is 26.5. The Hall–Kier alpha value is -3.03. The van der Waals surface area contributed by atoms with Gasteiger partial charge in [0.05, 0.1) is 4.90 Å². The van der Waals surface area contributed by atoms with Gasteiger partial charge in [-0.1, -0.05) is 30.3 Å². The zero-order valence-corrected chi connectivity index (χ0v) is 16.3. The molecule has 0 saturated heterocycles. The van der Waals surface area contributed by atoms with Crippen molar-refractivity contribution in [2.45, 2.75) is 18.0 Å². The molecule has 0 bridgehead atoms. The molecule has 0 radical (unpaired) electrons. The van der Waals surface area contributed by atoms with Crippen LogP contribution >= 0.6 is 0 Å².